The van der Waals surface area contributed by atoms with Crippen LogP contribution in [0, 0.1) is 0 Å². The highest BCUT2D eigenvalue weighted by molar-refractivity contribution is 4.86. The van der Waals surface area contributed by atoms with Gasteiger partial charge in [-0.25, -0.2) is 0 Å². The van der Waals surface area contributed by atoms with E-state index in [1.54, 1.807) is 0 Å². The van der Waals surface area contributed by atoms with Crippen molar-refractivity contribution < 1.29 is 9.47 Å². The molecule has 0 amide bonds. The largest absolute Gasteiger partial charge is 0.379 e. The van der Waals surface area contributed by atoms with E-state index in [0.717, 1.165) is 39.2 Å². The van der Waals surface area contributed by atoms with Crippen LogP contribution in [0.1, 0.15) is 39.0 Å². The van der Waals surface area contributed by atoms with Gasteiger partial charge in [0.1, 0.15) is 0 Å². The van der Waals surface area contributed by atoms with Crippen molar-refractivity contribution in [2.24, 2.45) is 0 Å². The van der Waals surface area contributed by atoms with E-state index in [-0.39, 0.29) is 5.54 Å². The summed E-state index contributed by atoms with van der Waals surface area (Å²) in [6.07, 6.45) is 6.61. The smallest absolute Gasteiger partial charge is 0.0646 e. The Bertz CT molecular complexity index is 184. The van der Waals surface area contributed by atoms with Crippen LogP contribution in [-0.4, -0.2) is 38.0 Å². The second kappa shape index (κ2) is 5.28. The van der Waals surface area contributed by atoms with Gasteiger partial charge in [-0.15, -0.1) is 0 Å². The standard InChI is InChI=1S/C12H23NO2/c1-12(6-9-14-10-12)13-7-5-11-4-2-3-8-15-11/h11,13H,2-10H2,1H3. The number of ether oxygens (including phenoxy) is 2. The van der Waals surface area contributed by atoms with Crippen LogP contribution >= 0.6 is 0 Å². The molecule has 0 aromatic carbocycles. The van der Waals surface area contributed by atoms with Gasteiger partial charge in [0.15, 0.2) is 0 Å². The first-order chi connectivity index (χ1) is 7.29. The average Bonchev–Trinajstić information content (AvgIpc) is 2.67. The lowest BCUT2D eigenvalue weighted by molar-refractivity contribution is 0.0104. The van der Waals surface area contributed by atoms with Crippen LogP contribution in [0.5, 0.6) is 0 Å². The minimum absolute atomic E-state index is 0.217. The Morgan fingerprint density at radius 1 is 1.33 bits per heavy atom. The molecule has 0 spiro atoms. The molecule has 2 aliphatic rings. The molecule has 2 atom stereocenters. The van der Waals surface area contributed by atoms with Gasteiger partial charge in [0, 0.05) is 18.8 Å². The third-order valence-corrected chi connectivity index (χ3v) is 3.51. The van der Waals surface area contributed by atoms with E-state index in [4.69, 9.17) is 9.47 Å². The molecule has 0 radical (unpaired) electrons. The second-order valence-electron chi connectivity index (χ2n) is 5.07. The summed E-state index contributed by atoms with van der Waals surface area (Å²) in [7, 11) is 0. The van der Waals surface area contributed by atoms with Crippen LogP contribution in [0.2, 0.25) is 0 Å². The minimum atomic E-state index is 0.217. The SMILES string of the molecule is CC1(NCCC2CCCCO2)CCOC1. The fraction of sp³-hybridized carbons (Fsp3) is 1.00. The van der Waals surface area contributed by atoms with Crippen molar-refractivity contribution in [3.05, 3.63) is 0 Å². The number of rotatable bonds is 4. The predicted molar refractivity (Wildman–Crippen MR) is 60.1 cm³/mol. The molecule has 2 heterocycles. The predicted octanol–water partition coefficient (Wildman–Crippen LogP) is 1.71. The fourth-order valence-electron chi connectivity index (χ4n) is 2.38. The van der Waals surface area contributed by atoms with Gasteiger partial charge < -0.3 is 14.8 Å². The van der Waals surface area contributed by atoms with Gasteiger partial charge in [-0.05, 0) is 45.6 Å². The Balaban J connectivity index is 1.61. The Kier molecular flexibility index (Phi) is 4.00. The first-order valence-corrected chi connectivity index (χ1v) is 6.23. The molecule has 2 unspecified atom stereocenters. The molecule has 0 aromatic rings. The summed E-state index contributed by atoms with van der Waals surface area (Å²) in [6, 6.07) is 0. The van der Waals surface area contributed by atoms with E-state index in [1.165, 1.54) is 19.3 Å². The molecule has 2 rings (SSSR count). The summed E-state index contributed by atoms with van der Waals surface area (Å²) in [5.41, 5.74) is 0.217. The zero-order valence-electron chi connectivity index (χ0n) is 9.76. The van der Waals surface area contributed by atoms with Gasteiger partial charge in [-0.1, -0.05) is 0 Å². The van der Waals surface area contributed by atoms with E-state index in [9.17, 15) is 0 Å². The number of hydrogen-bond donors (Lipinski definition) is 1. The third kappa shape index (κ3) is 3.44. The first kappa shape index (κ1) is 11.4. The lowest BCUT2D eigenvalue weighted by atomic mass is 10.0. The van der Waals surface area contributed by atoms with Gasteiger partial charge in [-0.3, -0.25) is 0 Å². The number of nitrogens with one attached hydrogen (secondary N) is 1. The Morgan fingerprint density at radius 3 is 2.93 bits per heavy atom. The number of hydrogen-bond acceptors (Lipinski definition) is 3. The topological polar surface area (TPSA) is 30.5 Å². The summed E-state index contributed by atoms with van der Waals surface area (Å²) >= 11 is 0. The first-order valence-electron chi connectivity index (χ1n) is 6.23. The molecule has 2 aliphatic heterocycles. The molecule has 3 heteroatoms. The zero-order valence-corrected chi connectivity index (χ0v) is 9.76. The molecule has 0 aromatic heterocycles. The van der Waals surface area contributed by atoms with Crippen LogP contribution < -0.4 is 5.32 Å². The maximum atomic E-state index is 5.70. The normalized spacial score (nSPS) is 37.0. The monoisotopic (exact) mass is 213 g/mol. The summed E-state index contributed by atoms with van der Waals surface area (Å²) in [5, 5.41) is 3.60. The Labute approximate surface area is 92.5 Å². The maximum Gasteiger partial charge on any atom is 0.0646 e. The van der Waals surface area contributed by atoms with Crippen molar-refractivity contribution in [2.75, 3.05) is 26.4 Å². The highest BCUT2D eigenvalue weighted by Crippen LogP contribution is 2.19. The van der Waals surface area contributed by atoms with Crippen molar-refractivity contribution in [1.29, 1.82) is 0 Å². The van der Waals surface area contributed by atoms with Crippen molar-refractivity contribution in [1.82, 2.24) is 5.32 Å². The lowest BCUT2D eigenvalue weighted by Crippen LogP contribution is -2.44. The third-order valence-electron chi connectivity index (χ3n) is 3.51. The quantitative estimate of drug-likeness (QED) is 0.771. The van der Waals surface area contributed by atoms with Crippen molar-refractivity contribution in [3.8, 4) is 0 Å². The summed E-state index contributed by atoms with van der Waals surface area (Å²) in [6.45, 7) is 6.04. The van der Waals surface area contributed by atoms with Gasteiger partial charge in [0.2, 0.25) is 0 Å². The molecule has 2 saturated heterocycles. The Hall–Kier alpha value is -0.120. The lowest BCUT2D eigenvalue weighted by Gasteiger charge is -2.27. The molecule has 0 bridgehead atoms. The van der Waals surface area contributed by atoms with Crippen LogP contribution in [0.25, 0.3) is 0 Å². The van der Waals surface area contributed by atoms with Crippen molar-refractivity contribution in [3.63, 3.8) is 0 Å². The molecular formula is C12H23NO2. The van der Waals surface area contributed by atoms with Crippen LogP contribution in [0.3, 0.4) is 0 Å². The van der Waals surface area contributed by atoms with Crippen LogP contribution in [0.4, 0.5) is 0 Å². The van der Waals surface area contributed by atoms with E-state index in [2.05, 4.69) is 12.2 Å². The molecule has 2 fully saturated rings. The molecule has 88 valence electrons. The van der Waals surface area contributed by atoms with Gasteiger partial charge in [0.25, 0.3) is 0 Å². The van der Waals surface area contributed by atoms with Gasteiger partial charge >= 0.3 is 0 Å². The maximum absolute atomic E-state index is 5.70. The van der Waals surface area contributed by atoms with Gasteiger partial charge in [-0.2, -0.15) is 0 Å². The highest BCUT2D eigenvalue weighted by atomic mass is 16.5. The fourth-order valence-corrected chi connectivity index (χ4v) is 2.38. The minimum Gasteiger partial charge on any atom is -0.379 e. The van der Waals surface area contributed by atoms with E-state index >= 15 is 0 Å². The van der Waals surface area contributed by atoms with Crippen LogP contribution in [0.15, 0.2) is 0 Å². The Morgan fingerprint density at radius 2 is 2.27 bits per heavy atom. The van der Waals surface area contributed by atoms with Crippen molar-refractivity contribution >= 4 is 0 Å². The summed E-state index contributed by atoms with van der Waals surface area (Å²) in [4.78, 5) is 0. The molecule has 0 saturated carbocycles. The van der Waals surface area contributed by atoms with E-state index in [0.29, 0.717) is 6.10 Å². The second-order valence-corrected chi connectivity index (χ2v) is 5.07. The summed E-state index contributed by atoms with van der Waals surface area (Å²) < 4.78 is 11.1. The van der Waals surface area contributed by atoms with Crippen LogP contribution in [-0.2, 0) is 9.47 Å². The highest BCUT2D eigenvalue weighted by Gasteiger charge is 2.28. The van der Waals surface area contributed by atoms with E-state index < -0.39 is 0 Å². The molecular weight excluding hydrogens is 190 g/mol. The molecule has 1 N–H and O–H groups in total. The van der Waals surface area contributed by atoms with Crippen molar-refractivity contribution in [2.45, 2.75) is 50.7 Å². The summed E-state index contributed by atoms with van der Waals surface area (Å²) in [5.74, 6) is 0. The molecule has 0 aliphatic carbocycles. The van der Waals surface area contributed by atoms with Gasteiger partial charge in [0.05, 0.1) is 12.7 Å². The van der Waals surface area contributed by atoms with E-state index in [1.807, 2.05) is 0 Å². The molecule has 15 heavy (non-hydrogen) atoms. The molecule has 3 nitrogen and oxygen atoms in total. The zero-order chi connectivity index (χ0) is 10.6. The average molecular weight is 213 g/mol.